The Bertz CT molecular complexity index is 332. The molecule has 1 fully saturated rings. The molecule has 1 aliphatic rings. The average molecular weight is 220 g/mol. The van der Waals surface area contributed by atoms with E-state index in [4.69, 9.17) is 10.5 Å². The van der Waals surface area contributed by atoms with Crippen molar-refractivity contribution in [3.8, 4) is 5.75 Å². The highest BCUT2D eigenvalue weighted by Gasteiger charge is 2.16. The van der Waals surface area contributed by atoms with Crippen LogP contribution in [0.1, 0.15) is 12.8 Å². The first-order chi connectivity index (χ1) is 7.74. The zero-order chi connectivity index (χ0) is 11.4. The monoisotopic (exact) mass is 220 g/mol. The first kappa shape index (κ1) is 11.3. The smallest absolute Gasteiger partial charge is 0.121 e. The predicted octanol–water partition coefficient (Wildman–Crippen LogP) is 1.99. The zero-order valence-corrected chi connectivity index (χ0v) is 9.86. The summed E-state index contributed by atoms with van der Waals surface area (Å²) in [4.78, 5) is 2.37. The molecule has 88 valence electrons. The maximum Gasteiger partial charge on any atom is 0.121 e. The lowest BCUT2D eigenvalue weighted by Gasteiger charge is -2.28. The van der Waals surface area contributed by atoms with Crippen molar-refractivity contribution in [2.45, 2.75) is 12.8 Å². The van der Waals surface area contributed by atoms with E-state index in [-0.39, 0.29) is 0 Å². The minimum absolute atomic E-state index is 0.692. The molecule has 0 unspecified atom stereocenters. The van der Waals surface area contributed by atoms with E-state index in [1.54, 1.807) is 0 Å². The topological polar surface area (TPSA) is 38.5 Å². The summed E-state index contributed by atoms with van der Waals surface area (Å²) in [5.74, 6) is 1.58. The number of nitrogen functional groups attached to an aromatic ring is 1. The molecule has 1 heterocycles. The van der Waals surface area contributed by atoms with E-state index in [2.05, 4.69) is 11.9 Å². The van der Waals surface area contributed by atoms with Crippen LogP contribution in [0.4, 0.5) is 5.69 Å². The molecule has 0 amide bonds. The lowest BCUT2D eigenvalue weighted by molar-refractivity contribution is 0.160. The number of rotatable bonds is 3. The summed E-state index contributed by atoms with van der Waals surface area (Å²) in [6, 6.07) is 7.65. The summed E-state index contributed by atoms with van der Waals surface area (Å²) in [7, 11) is 2.18. The Morgan fingerprint density at radius 2 is 2.12 bits per heavy atom. The van der Waals surface area contributed by atoms with Crippen molar-refractivity contribution in [2.75, 3.05) is 32.5 Å². The minimum Gasteiger partial charge on any atom is -0.493 e. The molecule has 1 aromatic carbocycles. The highest BCUT2D eigenvalue weighted by Crippen LogP contribution is 2.19. The molecule has 0 bridgehead atoms. The summed E-state index contributed by atoms with van der Waals surface area (Å²) in [6.45, 7) is 3.19. The van der Waals surface area contributed by atoms with Crippen LogP contribution in [0.25, 0.3) is 0 Å². The third-order valence-electron chi connectivity index (χ3n) is 3.18. The van der Waals surface area contributed by atoms with Crippen LogP contribution in [0.3, 0.4) is 0 Å². The number of ether oxygens (including phenoxy) is 1. The van der Waals surface area contributed by atoms with Crippen molar-refractivity contribution in [3.05, 3.63) is 24.3 Å². The summed E-state index contributed by atoms with van der Waals surface area (Å²) >= 11 is 0. The van der Waals surface area contributed by atoms with Crippen LogP contribution in [0.2, 0.25) is 0 Å². The number of likely N-dealkylation sites (tertiary alicyclic amines) is 1. The highest BCUT2D eigenvalue weighted by atomic mass is 16.5. The standard InChI is InChI=1S/C13H20N2O/c1-15-7-5-11(6-8-15)10-16-13-4-2-3-12(14)9-13/h2-4,9,11H,5-8,10,14H2,1H3. The van der Waals surface area contributed by atoms with E-state index >= 15 is 0 Å². The Balaban J connectivity index is 1.79. The molecule has 3 heteroatoms. The van der Waals surface area contributed by atoms with Crippen molar-refractivity contribution in [2.24, 2.45) is 5.92 Å². The van der Waals surface area contributed by atoms with Gasteiger partial charge in [0, 0.05) is 11.8 Å². The summed E-state index contributed by atoms with van der Waals surface area (Å²) < 4.78 is 5.76. The van der Waals surface area contributed by atoms with Crippen molar-refractivity contribution in [1.29, 1.82) is 0 Å². The van der Waals surface area contributed by atoms with E-state index in [9.17, 15) is 0 Å². The zero-order valence-electron chi connectivity index (χ0n) is 9.86. The largest absolute Gasteiger partial charge is 0.493 e. The molecule has 1 aliphatic heterocycles. The SMILES string of the molecule is CN1CCC(COc2cccc(N)c2)CC1. The van der Waals surface area contributed by atoms with Crippen molar-refractivity contribution >= 4 is 5.69 Å². The second-order valence-corrected chi connectivity index (χ2v) is 4.63. The van der Waals surface area contributed by atoms with Crippen LogP contribution >= 0.6 is 0 Å². The van der Waals surface area contributed by atoms with E-state index < -0.39 is 0 Å². The van der Waals surface area contributed by atoms with Gasteiger partial charge in [0.15, 0.2) is 0 Å². The fraction of sp³-hybridized carbons (Fsp3) is 0.538. The average Bonchev–Trinajstić information content (AvgIpc) is 2.28. The van der Waals surface area contributed by atoms with Gasteiger partial charge in [-0.3, -0.25) is 0 Å². The molecule has 3 nitrogen and oxygen atoms in total. The van der Waals surface area contributed by atoms with Crippen LogP contribution < -0.4 is 10.5 Å². The Morgan fingerprint density at radius 3 is 2.81 bits per heavy atom. The Kier molecular flexibility index (Phi) is 3.67. The van der Waals surface area contributed by atoms with Gasteiger partial charge in [-0.05, 0) is 51.0 Å². The van der Waals surface area contributed by atoms with Crippen molar-refractivity contribution < 1.29 is 4.74 Å². The Hall–Kier alpha value is -1.22. The van der Waals surface area contributed by atoms with Gasteiger partial charge in [-0.2, -0.15) is 0 Å². The maximum atomic E-state index is 5.76. The number of piperidine rings is 1. The van der Waals surface area contributed by atoms with E-state index in [0.717, 1.165) is 18.0 Å². The van der Waals surface area contributed by atoms with Crippen molar-refractivity contribution in [3.63, 3.8) is 0 Å². The quantitative estimate of drug-likeness (QED) is 0.792. The number of hydrogen-bond acceptors (Lipinski definition) is 3. The van der Waals surface area contributed by atoms with Crippen LogP contribution in [-0.2, 0) is 0 Å². The van der Waals surface area contributed by atoms with E-state index in [0.29, 0.717) is 5.92 Å². The first-order valence-corrected chi connectivity index (χ1v) is 5.91. The molecule has 16 heavy (non-hydrogen) atoms. The third kappa shape index (κ3) is 3.14. The highest BCUT2D eigenvalue weighted by molar-refractivity contribution is 5.43. The molecule has 0 aromatic heterocycles. The molecular weight excluding hydrogens is 200 g/mol. The predicted molar refractivity (Wildman–Crippen MR) is 66.6 cm³/mol. The maximum absolute atomic E-state index is 5.76. The van der Waals surface area contributed by atoms with Crippen LogP contribution in [0.5, 0.6) is 5.75 Å². The van der Waals surface area contributed by atoms with Gasteiger partial charge in [0.05, 0.1) is 6.61 Å². The second-order valence-electron chi connectivity index (χ2n) is 4.63. The third-order valence-corrected chi connectivity index (χ3v) is 3.18. The summed E-state index contributed by atoms with van der Waals surface area (Å²) in [5, 5.41) is 0. The van der Waals surface area contributed by atoms with Gasteiger partial charge in [0.2, 0.25) is 0 Å². The molecule has 0 spiro atoms. The van der Waals surface area contributed by atoms with Crippen molar-refractivity contribution in [1.82, 2.24) is 4.90 Å². The number of nitrogens with two attached hydrogens (primary N) is 1. The molecule has 0 aliphatic carbocycles. The van der Waals surface area contributed by atoms with Gasteiger partial charge in [-0.15, -0.1) is 0 Å². The van der Waals surface area contributed by atoms with Crippen LogP contribution in [0.15, 0.2) is 24.3 Å². The normalized spacial score (nSPS) is 18.6. The van der Waals surface area contributed by atoms with Gasteiger partial charge >= 0.3 is 0 Å². The van der Waals surface area contributed by atoms with Gasteiger partial charge in [-0.1, -0.05) is 6.07 Å². The molecule has 0 saturated carbocycles. The van der Waals surface area contributed by atoms with Gasteiger partial charge in [0.1, 0.15) is 5.75 Å². The van der Waals surface area contributed by atoms with Crippen LogP contribution in [-0.4, -0.2) is 31.6 Å². The van der Waals surface area contributed by atoms with Gasteiger partial charge in [0.25, 0.3) is 0 Å². The molecular formula is C13H20N2O. The summed E-state index contributed by atoms with van der Waals surface area (Å²) in [5.41, 5.74) is 6.46. The Labute approximate surface area is 97.2 Å². The first-order valence-electron chi connectivity index (χ1n) is 5.91. The van der Waals surface area contributed by atoms with Gasteiger partial charge in [-0.25, -0.2) is 0 Å². The fourth-order valence-corrected chi connectivity index (χ4v) is 2.05. The molecule has 0 radical (unpaired) electrons. The van der Waals surface area contributed by atoms with E-state index in [1.165, 1.54) is 25.9 Å². The number of benzene rings is 1. The van der Waals surface area contributed by atoms with Crippen LogP contribution in [0, 0.1) is 5.92 Å². The molecule has 1 aromatic rings. The fourth-order valence-electron chi connectivity index (χ4n) is 2.05. The molecule has 2 rings (SSSR count). The second kappa shape index (κ2) is 5.21. The van der Waals surface area contributed by atoms with E-state index in [1.807, 2.05) is 24.3 Å². The van der Waals surface area contributed by atoms with Gasteiger partial charge < -0.3 is 15.4 Å². The molecule has 2 N–H and O–H groups in total. The number of nitrogens with zero attached hydrogens (tertiary/aromatic N) is 1. The number of anilines is 1. The molecule has 1 saturated heterocycles. The summed E-state index contributed by atoms with van der Waals surface area (Å²) in [6.07, 6.45) is 2.47. The lowest BCUT2D eigenvalue weighted by Crippen LogP contribution is -2.32. The Morgan fingerprint density at radius 1 is 1.38 bits per heavy atom. The molecule has 0 atom stereocenters. The number of hydrogen-bond donors (Lipinski definition) is 1. The lowest BCUT2D eigenvalue weighted by atomic mass is 9.98. The minimum atomic E-state index is 0.692.